The molecule has 0 amide bonds. The average molecular weight is 602 g/mol. The zero-order valence-corrected chi connectivity index (χ0v) is 22.4. The molecular weight excluding hydrogens is 580 g/mol. The lowest BCUT2D eigenvalue weighted by atomic mass is 10.1. The molecule has 8 nitrogen and oxygen atoms in total. The van der Waals surface area contributed by atoms with Crippen LogP contribution in [0.5, 0.6) is 29.3 Å². The Balaban J connectivity index is 1.54. The van der Waals surface area contributed by atoms with E-state index in [0.717, 1.165) is 30.0 Å². The molecule has 0 aliphatic heterocycles. The molecule has 222 valence electrons. The van der Waals surface area contributed by atoms with Gasteiger partial charge >= 0.3 is 24.4 Å². The normalized spacial score (nSPS) is 11.8. The van der Waals surface area contributed by atoms with Gasteiger partial charge in [0.05, 0.1) is 35.9 Å². The molecule has 5 aromatic rings. The van der Waals surface area contributed by atoms with Crippen molar-refractivity contribution >= 4 is 0 Å². The number of aromatic nitrogens is 5. The number of nitrogens with zero attached hydrogens (tertiary/aromatic N) is 5. The summed E-state index contributed by atoms with van der Waals surface area (Å²) in [6.07, 6.45) is -6.14. The predicted molar refractivity (Wildman–Crippen MR) is 141 cm³/mol. The lowest BCUT2D eigenvalue weighted by Gasteiger charge is -2.15. The first-order valence-electron chi connectivity index (χ1n) is 12.5. The van der Waals surface area contributed by atoms with E-state index < -0.39 is 47.0 Å². The quantitative estimate of drug-likeness (QED) is 0.170. The van der Waals surface area contributed by atoms with Crippen LogP contribution in [-0.2, 0) is 18.8 Å². The van der Waals surface area contributed by atoms with Crippen LogP contribution in [0.25, 0.3) is 5.69 Å². The van der Waals surface area contributed by atoms with E-state index in [1.807, 2.05) is 6.92 Å². The van der Waals surface area contributed by atoms with Crippen LogP contribution in [0.3, 0.4) is 0 Å². The van der Waals surface area contributed by atoms with Gasteiger partial charge in [-0.3, -0.25) is 0 Å². The van der Waals surface area contributed by atoms with Crippen LogP contribution in [0.2, 0.25) is 0 Å². The van der Waals surface area contributed by atoms with Crippen molar-refractivity contribution in [3.8, 4) is 35.0 Å². The fourth-order valence-electron chi connectivity index (χ4n) is 4.11. The van der Waals surface area contributed by atoms with Crippen molar-refractivity contribution in [1.29, 1.82) is 0 Å². The SMILES string of the molecule is COc1cc(Cc2nc(Oc3ccccc3C(F)(F)F)nc(Oc3ccccc3C(F)(F)F)n2)ccc1-n1cnc(C)c1. The Bertz CT molecular complexity index is 1680. The Kier molecular flexibility index (Phi) is 7.93. The fourth-order valence-corrected chi connectivity index (χ4v) is 4.11. The van der Waals surface area contributed by atoms with Crippen molar-refractivity contribution < 1.29 is 40.6 Å². The molecule has 14 heteroatoms. The Morgan fingerprint density at radius 2 is 1.28 bits per heavy atom. The molecule has 3 aromatic carbocycles. The van der Waals surface area contributed by atoms with Crippen LogP contribution >= 0.6 is 0 Å². The van der Waals surface area contributed by atoms with Gasteiger partial charge in [0.25, 0.3) is 0 Å². The number of hydrogen-bond acceptors (Lipinski definition) is 7. The third-order valence-corrected chi connectivity index (χ3v) is 6.02. The predicted octanol–water partition coefficient (Wildman–Crippen LogP) is 7.59. The van der Waals surface area contributed by atoms with Crippen molar-refractivity contribution in [3.63, 3.8) is 0 Å². The second kappa shape index (κ2) is 11.6. The summed E-state index contributed by atoms with van der Waals surface area (Å²) in [6, 6.07) is 12.7. The van der Waals surface area contributed by atoms with Gasteiger partial charge in [-0.1, -0.05) is 30.3 Å². The molecule has 2 aromatic heterocycles. The summed E-state index contributed by atoms with van der Waals surface area (Å²) in [5.74, 6) is -0.816. The van der Waals surface area contributed by atoms with E-state index in [2.05, 4.69) is 19.9 Å². The minimum Gasteiger partial charge on any atom is -0.495 e. The van der Waals surface area contributed by atoms with E-state index in [1.54, 1.807) is 35.3 Å². The number of halogens is 6. The second-order valence-electron chi connectivity index (χ2n) is 9.11. The van der Waals surface area contributed by atoms with E-state index in [4.69, 9.17) is 14.2 Å². The minimum atomic E-state index is -4.76. The molecular formula is C29H21F6N5O3. The summed E-state index contributed by atoms with van der Waals surface area (Å²) in [5, 5.41) is 0. The summed E-state index contributed by atoms with van der Waals surface area (Å²) in [4.78, 5) is 16.3. The van der Waals surface area contributed by atoms with E-state index in [9.17, 15) is 26.3 Å². The van der Waals surface area contributed by atoms with E-state index in [0.29, 0.717) is 17.0 Å². The number of benzene rings is 3. The topological polar surface area (TPSA) is 84.2 Å². The third-order valence-electron chi connectivity index (χ3n) is 6.02. The molecule has 0 atom stereocenters. The van der Waals surface area contributed by atoms with E-state index in [-0.39, 0.29) is 12.2 Å². The minimum absolute atomic E-state index is 0.0311. The largest absolute Gasteiger partial charge is 0.495 e. The number of para-hydroxylation sites is 2. The van der Waals surface area contributed by atoms with Crippen LogP contribution < -0.4 is 14.2 Å². The summed E-state index contributed by atoms with van der Waals surface area (Å²) < 4.78 is 99.6. The molecule has 0 spiro atoms. The monoisotopic (exact) mass is 601 g/mol. The van der Waals surface area contributed by atoms with Crippen LogP contribution in [0.1, 0.15) is 28.2 Å². The number of imidazole rings is 1. The highest BCUT2D eigenvalue weighted by atomic mass is 19.4. The lowest BCUT2D eigenvalue weighted by Crippen LogP contribution is -2.10. The van der Waals surface area contributed by atoms with Crippen LogP contribution in [0.4, 0.5) is 26.3 Å². The second-order valence-corrected chi connectivity index (χ2v) is 9.11. The number of aryl methyl sites for hydroxylation is 1. The first-order chi connectivity index (χ1) is 20.4. The van der Waals surface area contributed by atoms with Crippen LogP contribution in [0.15, 0.2) is 79.3 Å². The molecule has 0 aliphatic carbocycles. The van der Waals surface area contributed by atoms with Gasteiger partial charge in [0.2, 0.25) is 0 Å². The summed E-state index contributed by atoms with van der Waals surface area (Å²) in [6.45, 7) is 1.83. The van der Waals surface area contributed by atoms with Crippen LogP contribution in [-0.4, -0.2) is 31.6 Å². The van der Waals surface area contributed by atoms with Gasteiger partial charge in [0.1, 0.15) is 23.1 Å². The molecule has 0 unspecified atom stereocenters. The van der Waals surface area contributed by atoms with Gasteiger partial charge in [-0.2, -0.15) is 36.3 Å². The van der Waals surface area contributed by atoms with Crippen LogP contribution in [0, 0.1) is 6.92 Å². The average Bonchev–Trinajstić information content (AvgIpc) is 3.38. The van der Waals surface area contributed by atoms with E-state index in [1.165, 1.54) is 31.4 Å². The number of methoxy groups -OCH3 is 1. The number of ether oxygens (including phenoxy) is 3. The Morgan fingerprint density at radius 3 is 1.77 bits per heavy atom. The molecule has 0 saturated carbocycles. The maximum Gasteiger partial charge on any atom is 0.419 e. The van der Waals surface area contributed by atoms with Crippen molar-refractivity contribution in [1.82, 2.24) is 24.5 Å². The molecule has 5 rings (SSSR count). The Morgan fingerprint density at radius 1 is 0.721 bits per heavy atom. The molecule has 0 saturated heterocycles. The number of hydrogen-bond donors (Lipinski definition) is 0. The molecule has 43 heavy (non-hydrogen) atoms. The molecule has 0 bridgehead atoms. The van der Waals surface area contributed by atoms with Gasteiger partial charge in [-0.15, -0.1) is 4.98 Å². The first kappa shape index (κ1) is 29.4. The van der Waals surface area contributed by atoms with Gasteiger partial charge < -0.3 is 18.8 Å². The smallest absolute Gasteiger partial charge is 0.419 e. The summed E-state index contributed by atoms with van der Waals surface area (Å²) in [7, 11) is 1.48. The van der Waals surface area contributed by atoms with Gasteiger partial charge in [-0.05, 0) is 48.9 Å². The van der Waals surface area contributed by atoms with Gasteiger partial charge in [0, 0.05) is 12.6 Å². The standard InChI is InChI=1S/C29H21F6N5O3/c1-17-15-40(16-36-17)21-12-11-18(13-24(21)41-2)14-25-37-26(42-22-9-5-3-7-19(22)28(30,31)32)39-27(38-25)43-23-10-6-4-8-20(23)29(33,34)35/h3-13,15-16H,14H2,1-2H3. The van der Waals surface area contributed by atoms with Gasteiger partial charge in [0.15, 0.2) is 0 Å². The number of alkyl halides is 6. The zero-order chi connectivity index (χ0) is 30.8. The lowest BCUT2D eigenvalue weighted by molar-refractivity contribution is -0.139. The maximum absolute atomic E-state index is 13.6. The third kappa shape index (κ3) is 6.85. The Labute approximate surface area is 240 Å². The molecule has 0 aliphatic rings. The molecule has 0 fully saturated rings. The van der Waals surface area contributed by atoms with Crippen molar-refractivity contribution in [2.24, 2.45) is 0 Å². The highest BCUT2D eigenvalue weighted by Crippen LogP contribution is 2.39. The zero-order valence-electron chi connectivity index (χ0n) is 22.4. The summed E-state index contributed by atoms with van der Waals surface area (Å²) >= 11 is 0. The van der Waals surface area contributed by atoms with Crippen molar-refractivity contribution in [3.05, 3.63) is 107 Å². The summed E-state index contributed by atoms with van der Waals surface area (Å²) in [5.41, 5.74) is -0.126. The molecule has 2 heterocycles. The molecule has 0 N–H and O–H groups in total. The molecule has 0 radical (unpaired) electrons. The van der Waals surface area contributed by atoms with Crippen molar-refractivity contribution in [2.75, 3.05) is 7.11 Å². The Hall–Kier alpha value is -5.14. The highest BCUT2D eigenvalue weighted by Gasteiger charge is 2.35. The van der Waals surface area contributed by atoms with E-state index >= 15 is 0 Å². The van der Waals surface area contributed by atoms with Gasteiger partial charge in [-0.25, -0.2) is 4.98 Å². The maximum atomic E-state index is 13.6. The van der Waals surface area contributed by atoms with Crippen molar-refractivity contribution in [2.45, 2.75) is 25.7 Å². The fraction of sp³-hybridized carbons (Fsp3) is 0.172. The first-order valence-corrected chi connectivity index (χ1v) is 12.5. The highest BCUT2D eigenvalue weighted by molar-refractivity contribution is 5.49. The number of rotatable bonds is 8.